The molecule has 116 valence electrons. The second kappa shape index (κ2) is 7.04. The SMILES string of the molecule is CCOc1ccc(C(=O)N(C)Cc2ccsc2)cc1[N+](=O)[O-]. The molecule has 22 heavy (non-hydrogen) atoms. The van der Waals surface area contributed by atoms with Crippen molar-refractivity contribution in [1.82, 2.24) is 4.90 Å². The summed E-state index contributed by atoms with van der Waals surface area (Å²) >= 11 is 1.56. The van der Waals surface area contributed by atoms with Gasteiger partial charge in [-0.15, -0.1) is 0 Å². The number of thiophene rings is 1. The number of hydrogen-bond donors (Lipinski definition) is 0. The summed E-state index contributed by atoms with van der Waals surface area (Å²) in [4.78, 5) is 24.5. The fourth-order valence-electron chi connectivity index (χ4n) is 2.02. The van der Waals surface area contributed by atoms with Gasteiger partial charge in [-0.1, -0.05) is 0 Å². The first-order chi connectivity index (χ1) is 10.5. The Morgan fingerprint density at radius 3 is 2.77 bits per heavy atom. The van der Waals surface area contributed by atoms with E-state index >= 15 is 0 Å². The standard InChI is InChI=1S/C15H16N2O4S/c1-3-21-14-5-4-12(8-13(14)17(19)20)15(18)16(2)9-11-6-7-22-10-11/h4-8,10H,3,9H2,1-2H3. The molecule has 6 nitrogen and oxygen atoms in total. The first kappa shape index (κ1) is 16.0. The molecule has 7 heteroatoms. The zero-order valence-corrected chi connectivity index (χ0v) is 13.1. The molecule has 0 fully saturated rings. The minimum atomic E-state index is -0.541. The molecule has 0 atom stereocenters. The molecule has 0 saturated heterocycles. The van der Waals surface area contributed by atoms with Crippen LogP contribution in [0.3, 0.4) is 0 Å². The van der Waals surface area contributed by atoms with E-state index in [1.807, 2.05) is 16.8 Å². The lowest BCUT2D eigenvalue weighted by Crippen LogP contribution is -2.26. The van der Waals surface area contributed by atoms with Crippen molar-refractivity contribution in [3.63, 3.8) is 0 Å². The van der Waals surface area contributed by atoms with Crippen LogP contribution in [0.1, 0.15) is 22.8 Å². The molecule has 0 aliphatic carbocycles. The van der Waals surface area contributed by atoms with Gasteiger partial charge >= 0.3 is 5.69 Å². The molecule has 1 heterocycles. The largest absolute Gasteiger partial charge is 0.487 e. The van der Waals surface area contributed by atoms with Crippen molar-refractivity contribution in [3.8, 4) is 5.75 Å². The van der Waals surface area contributed by atoms with E-state index in [0.717, 1.165) is 5.56 Å². The number of benzene rings is 1. The Labute approximate surface area is 132 Å². The second-order valence-electron chi connectivity index (χ2n) is 4.67. The van der Waals surface area contributed by atoms with Crippen molar-refractivity contribution in [2.24, 2.45) is 0 Å². The quantitative estimate of drug-likeness (QED) is 0.604. The number of nitro groups is 1. The summed E-state index contributed by atoms with van der Waals surface area (Å²) < 4.78 is 5.21. The van der Waals surface area contributed by atoms with E-state index in [4.69, 9.17) is 4.74 Å². The summed E-state index contributed by atoms with van der Waals surface area (Å²) in [6, 6.07) is 6.21. The number of ether oxygens (including phenoxy) is 1. The average molecular weight is 320 g/mol. The van der Waals surface area contributed by atoms with Crippen molar-refractivity contribution in [1.29, 1.82) is 0 Å². The van der Waals surface area contributed by atoms with Gasteiger partial charge in [-0.25, -0.2) is 0 Å². The molecule has 1 amide bonds. The van der Waals surface area contributed by atoms with Gasteiger partial charge in [-0.05, 0) is 41.4 Å². The van der Waals surface area contributed by atoms with Gasteiger partial charge in [-0.3, -0.25) is 14.9 Å². The lowest BCUT2D eigenvalue weighted by atomic mass is 10.1. The zero-order chi connectivity index (χ0) is 16.1. The second-order valence-corrected chi connectivity index (χ2v) is 5.45. The Bertz CT molecular complexity index is 670. The zero-order valence-electron chi connectivity index (χ0n) is 12.3. The van der Waals surface area contributed by atoms with E-state index < -0.39 is 4.92 Å². The molecule has 0 bridgehead atoms. The summed E-state index contributed by atoms with van der Waals surface area (Å²) in [5, 5.41) is 15.0. The molecule has 1 aromatic carbocycles. The van der Waals surface area contributed by atoms with Gasteiger partial charge in [0.05, 0.1) is 11.5 Å². The van der Waals surface area contributed by atoms with Crippen molar-refractivity contribution in [2.45, 2.75) is 13.5 Å². The molecule has 0 N–H and O–H groups in total. The van der Waals surface area contributed by atoms with Crippen molar-refractivity contribution >= 4 is 22.9 Å². The Morgan fingerprint density at radius 2 is 2.18 bits per heavy atom. The highest BCUT2D eigenvalue weighted by molar-refractivity contribution is 7.07. The van der Waals surface area contributed by atoms with Crippen LogP contribution in [0.25, 0.3) is 0 Å². The van der Waals surface area contributed by atoms with Crippen molar-refractivity contribution < 1.29 is 14.5 Å². The third-order valence-corrected chi connectivity index (χ3v) is 3.78. The molecule has 0 spiro atoms. The number of rotatable bonds is 6. The Hall–Kier alpha value is -2.41. The van der Waals surface area contributed by atoms with Crippen LogP contribution in [0, 0.1) is 10.1 Å². The van der Waals surface area contributed by atoms with Crippen LogP contribution in [0.2, 0.25) is 0 Å². The molecule has 0 saturated carbocycles. The Kier molecular flexibility index (Phi) is 5.11. The number of hydrogen-bond acceptors (Lipinski definition) is 5. The molecule has 2 aromatic rings. The summed E-state index contributed by atoms with van der Waals surface area (Å²) in [5.41, 5.74) is 1.10. The third-order valence-electron chi connectivity index (χ3n) is 3.05. The monoisotopic (exact) mass is 320 g/mol. The molecule has 2 rings (SSSR count). The highest BCUT2D eigenvalue weighted by atomic mass is 32.1. The predicted molar refractivity (Wildman–Crippen MR) is 84.4 cm³/mol. The van der Waals surface area contributed by atoms with Crippen LogP contribution in [0.5, 0.6) is 5.75 Å². The summed E-state index contributed by atoms with van der Waals surface area (Å²) in [7, 11) is 1.67. The van der Waals surface area contributed by atoms with E-state index in [1.165, 1.54) is 17.0 Å². The van der Waals surface area contributed by atoms with Crippen molar-refractivity contribution in [3.05, 3.63) is 56.3 Å². The van der Waals surface area contributed by atoms with E-state index in [-0.39, 0.29) is 22.9 Å². The van der Waals surface area contributed by atoms with Crippen LogP contribution in [0.15, 0.2) is 35.0 Å². The fourth-order valence-corrected chi connectivity index (χ4v) is 2.68. The number of carbonyl (C=O) groups excluding carboxylic acids is 1. The normalized spacial score (nSPS) is 10.3. The number of amides is 1. The topological polar surface area (TPSA) is 72.7 Å². The van der Waals surface area contributed by atoms with Gasteiger partial charge in [0.25, 0.3) is 5.91 Å². The highest BCUT2D eigenvalue weighted by Gasteiger charge is 2.20. The van der Waals surface area contributed by atoms with E-state index in [2.05, 4.69) is 0 Å². The first-order valence-electron chi connectivity index (χ1n) is 6.70. The summed E-state index contributed by atoms with van der Waals surface area (Å²) in [6.45, 7) is 2.53. The molecule has 0 aliphatic heterocycles. The number of carbonyl (C=O) groups is 1. The molecule has 0 radical (unpaired) electrons. The molecule has 0 unspecified atom stereocenters. The van der Waals surface area contributed by atoms with Crippen LogP contribution < -0.4 is 4.74 Å². The minimum Gasteiger partial charge on any atom is -0.487 e. The third kappa shape index (κ3) is 3.62. The smallest absolute Gasteiger partial charge is 0.311 e. The highest BCUT2D eigenvalue weighted by Crippen LogP contribution is 2.28. The maximum absolute atomic E-state index is 12.4. The molecular weight excluding hydrogens is 304 g/mol. The Balaban J connectivity index is 2.22. The lowest BCUT2D eigenvalue weighted by Gasteiger charge is -2.16. The lowest BCUT2D eigenvalue weighted by molar-refractivity contribution is -0.385. The predicted octanol–water partition coefficient (Wildman–Crippen LogP) is 3.33. The molecule has 0 aliphatic rings. The Morgan fingerprint density at radius 1 is 1.41 bits per heavy atom. The van der Waals surface area contributed by atoms with Crippen LogP contribution in [0.4, 0.5) is 5.69 Å². The minimum absolute atomic E-state index is 0.171. The molecule has 1 aromatic heterocycles. The van der Waals surface area contributed by atoms with Gasteiger partial charge in [0.15, 0.2) is 5.75 Å². The fraction of sp³-hybridized carbons (Fsp3) is 0.267. The van der Waals surface area contributed by atoms with Gasteiger partial charge in [-0.2, -0.15) is 11.3 Å². The van der Waals surface area contributed by atoms with E-state index in [0.29, 0.717) is 13.2 Å². The first-order valence-corrected chi connectivity index (χ1v) is 7.65. The molecular formula is C15H16N2O4S. The van der Waals surface area contributed by atoms with E-state index in [9.17, 15) is 14.9 Å². The van der Waals surface area contributed by atoms with Gasteiger partial charge in [0.2, 0.25) is 0 Å². The summed E-state index contributed by atoms with van der Waals surface area (Å²) in [5.74, 6) is -0.0955. The number of nitrogens with zero attached hydrogens (tertiary/aromatic N) is 2. The average Bonchev–Trinajstić information content (AvgIpc) is 3.00. The van der Waals surface area contributed by atoms with Crippen LogP contribution >= 0.6 is 11.3 Å². The van der Waals surface area contributed by atoms with Gasteiger partial charge in [0, 0.05) is 25.2 Å². The van der Waals surface area contributed by atoms with E-state index in [1.54, 1.807) is 31.4 Å². The van der Waals surface area contributed by atoms with Crippen LogP contribution in [-0.2, 0) is 6.54 Å². The summed E-state index contributed by atoms with van der Waals surface area (Å²) in [6.07, 6.45) is 0. The van der Waals surface area contributed by atoms with Crippen LogP contribution in [-0.4, -0.2) is 29.4 Å². The van der Waals surface area contributed by atoms with Crippen molar-refractivity contribution in [2.75, 3.05) is 13.7 Å². The number of nitro benzene ring substituents is 1. The van der Waals surface area contributed by atoms with Gasteiger partial charge < -0.3 is 9.64 Å². The maximum Gasteiger partial charge on any atom is 0.311 e. The van der Waals surface area contributed by atoms with Gasteiger partial charge in [0.1, 0.15) is 0 Å². The maximum atomic E-state index is 12.4.